The van der Waals surface area contributed by atoms with Gasteiger partial charge in [-0.15, -0.1) is 0 Å². The van der Waals surface area contributed by atoms with E-state index in [4.69, 9.17) is 4.74 Å². The molecule has 21 heavy (non-hydrogen) atoms. The fraction of sp³-hybridized carbons (Fsp3) is 0.786. The maximum atomic E-state index is 12.5. The maximum absolute atomic E-state index is 12.5. The van der Waals surface area contributed by atoms with Gasteiger partial charge in [-0.1, -0.05) is 13.8 Å². The smallest absolute Gasteiger partial charge is 0.307 e. The van der Waals surface area contributed by atoms with Crippen LogP contribution in [0.15, 0.2) is 0 Å². The van der Waals surface area contributed by atoms with Crippen molar-refractivity contribution in [1.82, 2.24) is 10.2 Å². The van der Waals surface area contributed by atoms with Crippen molar-refractivity contribution in [2.45, 2.75) is 33.2 Å². The molecule has 0 aromatic heterocycles. The number of methoxy groups -OCH3 is 2. The molecule has 0 aromatic carbocycles. The van der Waals surface area contributed by atoms with E-state index in [0.29, 0.717) is 13.2 Å². The molecule has 1 atom stereocenters. The van der Waals surface area contributed by atoms with Crippen LogP contribution >= 0.6 is 0 Å². The number of nitrogens with zero attached hydrogens (tertiary/aromatic N) is 1. The number of ether oxygens (including phenoxy) is 2. The molecule has 2 amide bonds. The maximum Gasteiger partial charge on any atom is 0.307 e. The zero-order valence-electron chi connectivity index (χ0n) is 13.5. The van der Waals surface area contributed by atoms with Gasteiger partial charge in [0.05, 0.1) is 20.1 Å². The van der Waals surface area contributed by atoms with Gasteiger partial charge >= 0.3 is 5.97 Å². The largest absolute Gasteiger partial charge is 0.469 e. The van der Waals surface area contributed by atoms with Crippen LogP contribution in [0.25, 0.3) is 0 Å². The van der Waals surface area contributed by atoms with Crippen molar-refractivity contribution in [1.29, 1.82) is 0 Å². The molecular weight excluding hydrogens is 276 g/mol. The molecule has 0 spiro atoms. The van der Waals surface area contributed by atoms with E-state index in [9.17, 15) is 14.4 Å². The van der Waals surface area contributed by atoms with Crippen molar-refractivity contribution < 1.29 is 23.9 Å². The predicted molar refractivity (Wildman–Crippen MR) is 77.5 cm³/mol. The zero-order chi connectivity index (χ0) is 16.4. The Morgan fingerprint density at radius 2 is 1.76 bits per heavy atom. The molecule has 1 unspecified atom stereocenters. The molecule has 0 saturated carbocycles. The first-order valence-corrected chi connectivity index (χ1v) is 6.95. The average Bonchev–Trinajstić information content (AvgIpc) is 2.43. The Labute approximate surface area is 126 Å². The minimum Gasteiger partial charge on any atom is -0.469 e. The van der Waals surface area contributed by atoms with Gasteiger partial charge in [0.25, 0.3) is 0 Å². The van der Waals surface area contributed by atoms with Gasteiger partial charge in [0, 0.05) is 27.1 Å². The molecule has 0 heterocycles. The highest BCUT2D eigenvalue weighted by Gasteiger charge is 2.27. The Kier molecular flexibility index (Phi) is 9.36. The van der Waals surface area contributed by atoms with E-state index in [1.54, 1.807) is 0 Å². The van der Waals surface area contributed by atoms with Crippen LogP contribution in [0.1, 0.15) is 27.2 Å². The van der Waals surface area contributed by atoms with Crippen LogP contribution in [0.3, 0.4) is 0 Å². The molecule has 0 aliphatic carbocycles. The fourth-order valence-corrected chi connectivity index (χ4v) is 1.79. The number of esters is 1. The van der Waals surface area contributed by atoms with Crippen molar-refractivity contribution in [3.05, 3.63) is 0 Å². The van der Waals surface area contributed by atoms with Gasteiger partial charge in [-0.05, 0) is 5.92 Å². The third-order valence-corrected chi connectivity index (χ3v) is 2.98. The molecule has 1 N–H and O–H groups in total. The molecule has 7 heteroatoms. The van der Waals surface area contributed by atoms with Crippen LogP contribution < -0.4 is 5.32 Å². The lowest BCUT2D eigenvalue weighted by atomic mass is 10.0. The van der Waals surface area contributed by atoms with Gasteiger partial charge in [-0.25, -0.2) is 0 Å². The fourth-order valence-electron chi connectivity index (χ4n) is 1.79. The van der Waals surface area contributed by atoms with Gasteiger partial charge in [0.2, 0.25) is 11.8 Å². The monoisotopic (exact) mass is 302 g/mol. The topological polar surface area (TPSA) is 84.9 Å². The molecule has 0 fully saturated rings. The third-order valence-electron chi connectivity index (χ3n) is 2.98. The van der Waals surface area contributed by atoms with Crippen LogP contribution in [0, 0.1) is 5.92 Å². The summed E-state index contributed by atoms with van der Waals surface area (Å²) in [5.41, 5.74) is 0. The van der Waals surface area contributed by atoms with Crippen LogP contribution in [0.2, 0.25) is 0 Å². The van der Waals surface area contributed by atoms with Crippen molar-refractivity contribution in [3.8, 4) is 0 Å². The van der Waals surface area contributed by atoms with E-state index >= 15 is 0 Å². The molecule has 0 saturated heterocycles. The normalized spacial score (nSPS) is 11.9. The minimum absolute atomic E-state index is 0.0513. The number of rotatable bonds is 9. The van der Waals surface area contributed by atoms with E-state index in [1.807, 2.05) is 13.8 Å². The zero-order valence-corrected chi connectivity index (χ0v) is 13.5. The summed E-state index contributed by atoms with van der Waals surface area (Å²) in [4.78, 5) is 36.5. The van der Waals surface area contributed by atoms with Gasteiger partial charge in [-0.3, -0.25) is 14.4 Å². The molecule has 122 valence electrons. The Morgan fingerprint density at radius 1 is 1.14 bits per heavy atom. The van der Waals surface area contributed by atoms with Crippen LogP contribution in [0.5, 0.6) is 0 Å². The first-order chi connectivity index (χ1) is 9.83. The van der Waals surface area contributed by atoms with Crippen LogP contribution in [-0.2, 0) is 23.9 Å². The van der Waals surface area contributed by atoms with Gasteiger partial charge in [0.1, 0.15) is 6.04 Å². The van der Waals surface area contributed by atoms with Crippen molar-refractivity contribution >= 4 is 17.8 Å². The van der Waals surface area contributed by atoms with Crippen LogP contribution in [0.4, 0.5) is 0 Å². The Morgan fingerprint density at radius 3 is 2.19 bits per heavy atom. The highest BCUT2D eigenvalue weighted by Crippen LogP contribution is 2.07. The molecular formula is C14H26N2O5. The summed E-state index contributed by atoms with van der Waals surface area (Å²) in [5.74, 6) is -0.918. The molecule has 0 radical (unpaired) electrons. The number of hydrogen-bond donors (Lipinski definition) is 1. The lowest BCUT2D eigenvalue weighted by Gasteiger charge is -2.29. The first kappa shape index (κ1) is 19.4. The van der Waals surface area contributed by atoms with Crippen molar-refractivity contribution in [3.63, 3.8) is 0 Å². The summed E-state index contributed by atoms with van der Waals surface area (Å²) in [6.45, 7) is 6.03. The van der Waals surface area contributed by atoms with Gasteiger partial charge in [0.15, 0.2) is 0 Å². The Bertz CT molecular complexity index is 357. The quantitative estimate of drug-likeness (QED) is 0.614. The van der Waals surface area contributed by atoms with E-state index in [2.05, 4.69) is 10.1 Å². The summed E-state index contributed by atoms with van der Waals surface area (Å²) in [6, 6.07) is -0.614. The van der Waals surface area contributed by atoms with Crippen molar-refractivity contribution in [2.75, 3.05) is 33.9 Å². The lowest BCUT2D eigenvalue weighted by Crippen LogP contribution is -2.51. The molecule has 0 aliphatic heterocycles. The summed E-state index contributed by atoms with van der Waals surface area (Å²) < 4.78 is 9.56. The SMILES string of the molecule is COCCN(CCC(=O)OC)C(=O)C(NC(C)=O)C(C)C. The first-order valence-electron chi connectivity index (χ1n) is 6.95. The highest BCUT2D eigenvalue weighted by atomic mass is 16.5. The Balaban J connectivity index is 4.86. The molecule has 0 aromatic rings. The van der Waals surface area contributed by atoms with Gasteiger partial charge in [-0.2, -0.15) is 0 Å². The lowest BCUT2D eigenvalue weighted by molar-refractivity contribution is -0.143. The standard InChI is InChI=1S/C14H26N2O5/c1-10(2)13(15-11(3)17)14(19)16(8-9-20-4)7-6-12(18)21-5/h10,13H,6-9H2,1-5H3,(H,15,17). The van der Waals surface area contributed by atoms with E-state index in [0.717, 1.165) is 0 Å². The number of carbonyl (C=O) groups is 3. The molecule has 7 nitrogen and oxygen atoms in total. The number of carbonyl (C=O) groups excluding carboxylic acids is 3. The summed E-state index contributed by atoms with van der Waals surface area (Å²) in [5, 5.41) is 2.65. The summed E-state index contributed by atoms with van der Waals surface area (Å²) in [6.07, 6.45) is 0.108. The third kappa shape index (κ3) is 7.65. The average molecular weight is 302 g/mol. The second-order valence-electron chi connectivity index (χ2n) is 5.07. The summed E-state index contributed by atoms with van der Waals surface area (Å²) >= 11 is 0. The van der Waals surface area contributed by atoms with Crippen molar-refractivity contribution in [2.24, 2.45) is 5.92 Å². The van der Waals surface area contributed by atoms with Crippen LogP contribution in [-0.4, -0.2) is 62.6 Å². The van der Waals surface area contributed by atoms with E-state index < -0.39 is 6.04 Å². The molecule has 0 bridgehead atoms. The van der Waals surface area contributed by atoms with E-state index in [-0.39, 0.29) is 36.7 Å². The summed E-state index contributed by atoms with van der Waals surface area (Å²) in [7, 11) is 2.84. The molecule has 0 rings (SSSR count). The van der Waals surface area contributed by atoms with Gasteiger partial charge < -0.3 is 19.7 Å². The second-order valence-corrected chi connectivity index (χ2v) is 5.07. The number of nitrogens with one attached hydrogen (secondary N) is 1. The number of amides is 2. The number of hydrogen-bond acceptors (Lipinski definition) is 5. The minimum atomic E-state index is -0.614. The Hall–Kier alpha value is -1.63. The highest BCUT2D eigenvalue weighted by molar-refractivity contribution is 5.87. The van der Waals surface area contributed by atoms with E-state index in [1.165, 1.54) is 26.0 Å². The second kappa shape index (κ2) is 10.1. The predicted octanol–water partition coefficient (Wildman–Crippen LogP) is 0.185. The molecule has 0 aliphatic rings.